The molecule has 0 heterocycles. The summed E-state index contributed by atoms with van der Waals surface area (Å²) in [5.74, 6) is -0.506. The van der Waals surface area contributed by atoms with Gasteiger partial charge in [-0.2, -0.15) is 0 Å². The first kappa shape index (κ1) is 24.3. The van der Waals surface area contributed by atoms with Gasteiger partial charge >= 0.3 is 0 Å². The highest BCUT2D eigenvalue weighted by Crippen LogP contribution is 2.26. The van der Waals surface area contributed by atoms with Gasteiger partial charge in [0.1, 0.15) is 18.1 Å². The molecule has 1 N–H and O–H groups in total. The summed E-state index contributed by atoms with van der Waals surface area (Å²) in [6.45, 7) is 1.67. The van der Waals surface area contributed by atoms with E-state index in [0.717, 1.165) is 35.7 Å². The molecule has 0 atom stereocenters. The van der Waals surface area contributed by atoms with Gasteiger partial charge in [-0.25, -0.2) is 12.8 Å². The Morgan fingerprint density at radius 2 is 1.61 bits per heavy atom. The summed E-state index contributed by atoms with van der Waals surface area (Å²) >= 11 is 0. The standard InChI is InChI=1S/C25H27FN2O4S/c1-3-4-5-19-6-10-21(11-7-19)27-25(29)18-28(22-12-14-23(32-2)15-13-22)33(30,31)24-16-8-20(26)9-17-24/h6-17H,3-5,18H2,1-2H3,(H,27,29). The Labute approximate surface area is 194 Å². The van der Waals surface area contributed by atoms with Gasteiger partial charge in [0.05, 0.1) is 17.7 Å². The zero-order valence-electron chi connectivity index (χ0n) is 18.6. The van der Waals surface area contributed by atoms with Gasteiger partial charge in [0, 0.05) is 5.69 Å². The molecule has 0 saturated carbocycles. The van der Waals surface area contributed by atoms with E-state index in [0.29, 0.717) is 11.4 Å². The minimum atomic E-state index is -4.13. The molecule has 0 saturated heterocycles. The van der Waals surface area contributed by atoms with Crippen molar-refractivity contribution in [3.05, 3.63) is 84.2 Å². The Balaban J connectivity index is 1.84. The van der Waals surface area contributed by atoms with Crippen LogP contribution in [0.4, 0.5) is 15.8 Å². The van der Waals surface area contributed by atoms with Gasteiger partial charge in [-0.05, 0) is 79.1 Å². The number of anilines is 2. The maximum Gasteiger partial charge on any atom is 0.264 e. The Bertz CT molecular complexity index is 1160. The highest BCUT2D eigenvalue weighted by Gasteiger charge is 2.27. The number of carbonyl (C=O) groups excluding carboxylic acids is 1. The average Bonchev–Trinajstić information content (AvgIpc) is 2.82. The van der Waals surface area contributed by atoms with E-state index < -0.39 is 28.3 Å². The van der Waals surface area contributed by atoms with Crippen LogP contribution in [0, 0.1) is 5.82 Å². The van der Waals surface area contributed by atoms with E-state index in [1.54, 1.807) is 36.4 Å². The van der Waals surface area contributed by atoms with E-state index in [-0.39, 0.29) is 10.6 Å². The maximum absolute atomic E-state index is 13.3. The first-order chi connectivity index (χ1) is 15.8. The SMILES string of the molecule is CCCCc1ccc(NC(=O)CN(c2ccc(OC)cc2)S(=O)(=O)c2ccc(F)cc2)cc1. The number of unbranched alkanes of at least 4 members (excludes halogenated alkanes) is 1. The van der Waals surface area contributed by atoms with E-state index in [2.05, 4.69) is 12.2 Å². The van der Waals surface area contributed by atoms with Gasteiger partial charge < -0.3 is 10.1 Å². The van der Waals surface area contributed by atoms with Crippen LogP contribution < -0.4 is 14.4 Å². The Kier molecular flexibility index (Phi) is 8.06. The molecular weight excluding hydrogens is 443 g/mol. The van der Waals surface area contributed by atoms with Crippen molar-refractivity contribution in [2.75, 3.05) is 23.3 Å². The summed E-state index contributed by atoms with van der Waals surface area (Å²) in [7, 11) is -2.63. The molecule has 0 fully saturated rings. The van der Waals surface area contributed by atoms with Crippen LogP contribution in [0.2, 0.25) is 0 Å². The number of halogens is 1. The summed E-state index contributed by atoms with van der Waals surface area (Å²) in [6, 6.07) is 18.3. The monoisotopic (exact) mass is 470 g/mol. The van der Waals surface area contributed by atoms with E-state index >= 15 is 0 Å². The van der Waals surface area contributed by atoms with Crippen molar-refractivity contribution in [1.82, 2.24) is 0 Å². The third kappa shape index (κ3) is 6.32. The van der Waals surface area contributed by atoms with Crippen molar-refractivity contribution in [1.29, 1.82) is 0 Å². The van der Waals surface area contributed by atoms with Gasteiger partial charge in [-0.3, -0.25) is 9.10 Å². The fraction of sp³-hybridized carbons (Fsp3) is 0.240. The summed E-state index contributed by atoms with van der Waals surface area (Å²) < 4.78 is 46.1. The number of nitrogens with zero attached hydrogens (tertiary/aromatic N) is 1. The minimum Gasteiger partial charge on any atom is -0.497 e. The van der Waals surface area contributed by atoms with Crippen LogP contribution in [0.25, 0.3) is 0 Å². The lowest BCUT2D eigenvalue weighted by atomic mass is 10.1. The Morgan fingerprint density at radius 3 is 2.18 bits per heavy atom. The van der Waals surface area contributed by atoms with Crippen LogP contribution in [0.5, 0.6) is 5.75 Å². The number of ether oxygens (including phenoxy) is 1. The number of nitrogens with one attached hydrogen (secondary N) is 1. The predicted octanol–water partition coefficient (Wildman–Crippen LogP) is 5.01. The van der Waals surface area contributed by atoms with Crippen molar-refractivity contribution in [2.24, 2.45) is 0 Å². The number of carbonyl (C=O) groups is 1. The first-order valence-corrected chi connectivity index (χ1v) is 12.1. The molecule has 0 unspecified atom stereocenters. The topological polar surface area (TPSA) is 75.7 Å². The van der Waals surface area contributed by atoms with Crippen molar-refractivity contribution in [3.8, 4) is 5.75 Å². The van der Waals surface area contributed by atoms with E-state index in [1.165, 1.54) is 24.8 Å². The number of benzene rings is 3. The first-order valence-electron chi connectivity index (χ1n) is 10.6. The molecule has 3 rings (SSSR count). The van der Waals surface area contributed by atoms with Crippen LogP contribution in [-0.4, -0.2) is 28.0 Å². The van der Waals surface area contributed by atoms with Gasteiger partial charge in [-0.1, -0.05) is 25.5 Å². The second-order valence-electron chi connectivity index (χ2n) is 7.51. The van der Waals surface area contributed by atoms with Crippen LogP contribution >= 0.6 is 0 Å². The van der Waals surface area contributed by atoms with Crippen molar-refractivity contribution >= 4 is 27.3 Å². The Morgan fingerprint density at radius 1 is 0.970 bits per heavy atom. The molecule has 1 amide bonds. The molecule has 3 aromatic rings. The zero-order chi connectivity index (χ0) is 23.8. The largest absolute Gasteiger partial charge is 0.497 e. The predicted molar refractivity (Wildman–Crippen MR) is 128 cm³/mol. The van der Waals surface area contributed by atoms with Gasteiger partial charge in [0.15, 0.2) is 0 Å². The summed E-state index contributed by atoms with van der Waals surface area (Å²) in [4.78, 5) is 12.7. The number of amides is 1. The number of aryl methyl sites for hydroxylation is 1. The number of hydrogen-bond donors (Lipinski definition) is 1. The molecule has 0 bridgehead atoms. The summed E-state index contributed by atoms with van der Waals surface area (Å²) in [6.07, 6.45) is 3.15. The lowest BCUT2D eigenvalue weighted by Crippen LogP contribution is -2.38. The molecule has 0 aromatic heterocycles. The van der Waals surface area contributed by atoms with Crippen LogP contribution in [0.3, 0.4) is 0 Å². The molecule has 3 aromatic carbocycles. The number of hydrogen-bond acceptors (Lipinski definition) is 4. The van der Waals surface area contributed by atoms with Crippen molar-refractivity contribution in [2.45, 2.75) is 31.1 Å². The second-order valence-corrected chi connectivity index (χ2v) is 9.37. The molecule has 6 nitrogen and oxygen atoms in total. The number of rotatable bonds is 10. The molecule has 0 aliphatic rings. The second kappa shape index (κ2) is 11.0. The molecule has 0 aliphatic heterocycles. The number of sulfonamides is 1. The average molecular weight is 471 g/mol. The van der Waals surface area contributed by atoms with Crippen LogP contribution in [-0.2, 0) is 21.2 Å². The minimum absolute atomic E-state index is 0.118. The molecule has 8 heteroatoms. The third-order valence-corrected chi connectivity index (χ3v) is 6.89. The highest BCUT2D eigenvalue weighted by molar-refractivity contribution is 7.92. The van der Waals surface area contributed by atoms with E-state index in [4.69, 9.17) is 4.74 Å². The van der Waals surface area contributed by atoms with Gasteiger partial charge in [0.25, 0.3) is 10.0 Å². The van der Waals surface area contributed by atoms with Gasteiger partial charge in [-0.15, -0.1) is 0 Å². The molecule has 33 heavy (non-hydrogen) atoms. The Hall–Kier alpha value is -3.39. The summed E-state index contributed by atoms with van der Waals surface area (Å²) in [5.41, 5.74) is 2.04. The van der Waals surface area contributed by atoms with Crippen LogP contribution in [0.1, 0.15) is 25.3 Å². The van der Waals surface area contributed by atoms with Crippen LogP contribution in [0.15, 0.2) is 77.7 Å². The smallest absolute Gasteiger partial charge is 0.264 e. The maximum atomic E-state index is 13.3. The van der Waals surface area contributed by atoms with Crippen molar-refractivity contribution < 1.29 is 22.3 Å². The molecule has 0 spiro atoms. The third-order valence-electron chi connectivity index (χ3n) is 5.11. The van der Waals surface area contributed by atoms with E-state index in [9.17, 15) is 17.6 Å². The van der Waals surface area contributed by atoms with Gasteiger partial charge in [0.2, 0.25) is 5.91 Å². The summed E-state index contributed by atoms with van der Waals surface area (Å²) in [5, 5.41) is 2.75. The number of methoxy groups -OCH3 is 1. The quantitative estimate of drug-likeness (QED) is 0.452. The highest BCUT2D eigenvalue weighted by atomic mass is 32.2. The molecule has 0 aliphatic carbocycles. The van der Waals surface area contributed by atoms with Crippen molar-refractivity contribution in [3.63, 3.8) is 0 Å². The zero-order valence-corrected chi connectivity index (χ0v) is 19.4. The molecular formula is C25H27FN2O4S. The molecule has 174 valence electrons. The lowest BCUT2D eigenvalue weighted by molar-refractivity contribution is -0.114. The fourth-order valence-corrected chi connectivity index (χ4v) is 4.68. The normalized spacial score (nSPS) is 11.1. The lowest BCUT2D eigenvalue weighted by Gasteiger charge is -2.24. The molecule has 0 radical (unpaired) electrons. The van der Waals surface area contributed by atoms with E-state index in [1.807, 2.05) is 12.1 Å². The fourth-order valence-electron chi connectivity index (χ4n) is 3.26.